The molecule has 0 N–H and O–H groups in total. The minimum absolute atomic E-state index is 0.0273. The van der Waals surface area contributed by atoms with Crippen molar-refractivity contribution in [1.29, 1.82) is 0 Å². The maximum atomic E-state index is 12.5. The molecule has 0 atom stereocenters. The fourth-order valence-electron chi connectivity index (χ4n) is 2.59. The van der Waals surface area contributed by atoms with Crippen LogP contribution < -0.4 is 4.80 Å². The fourth-order valence-corrected chi connectivity index (χ4v) is 3.66. The molecule has 3 rings (SSSR count). The molecule has 2 aromatic carbocycles. The maximum Gasteiger partial charge on any atom is 0.279 e. The number of non-ortho nitro benzene ring substituents is 1. The first-order valence-corrected chi connectivity index (χ1v) is 8.66. The van der Waals surface area contributed by atoms with Crippen molar-refractivity contribution >= 4 is 33.1 Å². The summed E-state index contributed by atoms with van der Waals surface area (Å²) in [5, 5.41) is 11.0. The molecule has 1 amide bonds. The van der Waals surface area contributed by atoms with E-state index >= 15 is 0 Å². The van der Waals surface area contributed by atoms with E-state index in [2.05, 4.69) is 4.99 Å². The van der Waals surface area contributed by atoms with Gasteiger partial charge in [0, 0.05) is 24.2 Å². The van der Waals surface area contributed by atoms with E-state index in [0.29, 0.717) is 22.4 Å². The van der Waals surface area contributed by atoms with Gasteiger partial charge in [0.25, 0.3) is 11.6 Å². The van der Waals surface area contributed by atoms with Crippen LogP contribution in [0.15, 0.2) is 41.4 Å². The van der Waals surface area contributed by atoms with Crippen LogP contribution >= 0.6 is 11.3 Å². The van der Waals surface area contributed by atoms with Crippen molar-refractivity contribution in [3.8, 4) is 0 Å². The average molecular weight is 355 g/mol. The predicted molar refractivity (Wildman–Crippen MR) is 98.0 cm³/mol. The summed E-state index contributed by atoms with van der Waals surface area (Å²) in [5.74, 6) is -0.314. The molecule has 0 fully saturated rings. The van der Waals surface area contributed by atoms with Gasteiger partial charge >= 0.3 is 0 Å². The molecule has 3 aromatic rings. The van der Waals surface area contributed by atoms with Crippen LogP contribution in [0.5, 0.6) is 0 Å². The van der Waals surface area contributed by atoms with Gasteiger partial charge in [-0.25, -0.2) is 0 Å². The number of hydrogen-bond acceptors (Lipinski definition) is 4. The molecule has 0 aliphatic carbocycles. The molecular weight excluding hydrogens is 338 g/mol. The van der Waals surface area contributed by atoms with E-state index < -0.39 is 4.92 Å². The molecule has 0 aliphatic heterocycles. The smallest absolute Gasteiger partial charge is 0.279 e. The monoisotopic (exact) mass is 355 g/mol. The highest BCUT2D eigenvalue weighted by Gasteiger charge is 2.13. The van der Waals surface area contributed by atoms with E-state index in [9.17, 15) is 14.9 Å². The molecule has 6 nitrogen and oxygen atoms in total. The Kier molecular flexibility index (Phi) is 4.50. The molecule has 1 heterocycles. The number of rotatable bonds is 3. The average Bonchev–Trinajstić information content (AvgIpc) is 2.93. The van der Waals surface area contributed by atoms with Gasteiger partial charge in [-0.2, -0.15) is 4.99 Å². The quantitative estimate of drug-likeness (QED) is 0.526. The number of aryl methyl sites for hydroxylation is 3. The number of aromatic nitrogens is 1. The summed E-state index contributed by atoms with van der Waals surface area (Å²) in [6.45, 7) is 6.44. The molecule has 0 saturated carbocycles. The zero-order chi connectivity index (χ0) is 18.1. The van der Waals surface area contributed by atoms with Crippen molar-refractivity contribution < 1.29 is 9.72 Å². The summed E-state index contributed by atoms with van der Waals surface area (Å²) in [6.07, 6.45) is 0. The van der Waals surface area contributed by atoms with Gasteiger partial charge in [0.05, 0.1) is 15.1 Å². The van der Waals surface area contributed by atoms with Crippen LogP contribution in [-0.4, -0.2) is 15.4 Å². The molecular formula is C18H17N3O3S. The molecule has 1 aromatic heterocycles. The second-order valence-electron chi connectivity index (χ2n) is 5.75. The van der Waals surface area contributed by atoms with E-state index in [1.165, 1.54) is 23.5 Å². The molecule has 7 heteroatoms. The van der Waals surface area contributed by atoms with Gasteiger partial charge in [0.15, 0.2) is 4.80 Å². The number of nitro benzene ring substituents is 1. The van der Waals surface area contributed by atoms with Crippen LogP contribution in [0.1, 0.15) is 28.4 Å². The van der Waals surface area contributed by atoms with E-state index in [1.54, 1.807) is 12.1 Å². The molecule has 128 valence electrons. The lowest BCUT2D eigenvalue weighted by Gasteiger charge is -2.02. The van der Waals surface area contributed by atoms with Crippen molar-refractivity contribution in [2.24, 2.45) is 4.99 Å². The Balaban J connectivity index is 2.13. The molecule has 25 heavy (non-hydrogen) atoms. The fraction of sp³-hybridized carbons (Fsp3) is 0.222. The van der Waals surface area contributed by atoms with Crippen LogP contribution in [0, 0.1) is 24.0 Å². The third kappa shape index (κ3) is 3.23. The predicted octanol–water partition coefficient (Wildman–Crippen LogP) is 3.99. The minimum Gasteiger partial charge on any atom is -0.316 e. The molecule has 0 bridgehead atoms. The van der Waals surface area contributed by atoms with Gasteiger partial charge < -0.3 is 4.57 Å². The van der Waals surface area contributed by atoms with E-state index in [-0.39, 0.29) is 11.6 Å². The standard InChI is InChI=1S/C18H17N3O3S/c1-4-20-15-10-14(21(23)24)7-8-16(15)25-18(20)19-17(22)13-6-5-11(2)12(3)9-13/h5-10H,4H2,1-3H3. The maximum absolute atomic E-state index is 12.5. The molecule has 0 radical (unpaired) electrons. The molecule has 0 aliphatic rings. The normalized spacial score (nSPS) is 11.9. The van der Waals surface area contributed by atoms with Crippen LogP contribution in [0.4, 0.5) is 5.69 Å². The highest BCUT2D eigenvalue weighted by molar-refractivity contribution is 7.16. The van der Waals surface area contributed by atoms with Gasteiger partial charge in [-0.15, -0.1) is 0 Å². The Morgan fingerprint density at radius 3 is 2.60 bits per heavy atom. The van der Waals surface area contributed by atoms with E-state index in [4.69, 9.17) is 0 Å². The summed E-state index contributed by atoms with van der Waals surface area (Å²) in [7, 11) is 0. The van der Waals surface area contributed by atoms with Gasteiger partial charge in [-0.05, 0) is 50.1 Å². The van der Waals surface area contributed by atoms with Crippen LogP contribution in [0.2, 0.25) is 0 Å². The first-order chi connectivity index (χ1) is 11.9. The minimum atomic E-state index is -0.422. The summed E-state index contributed by atoms with van der Waals surface area (Å²) < 4.78 is 2.69. The van der Waals surface area contributed by atoms with Crippen LogP contribution in [0.3, 0.4) is 0 Å². The number of fused-ring (bicyclic) bond motifs is 1. The van der Waals surface area contributed by atoms with Gasteiger partial charge in [0.2, 0.25) is 0 Å². The number of thiazole rings is 1. The highest BCUT2D eigenvalue weighted by Crippen LogP contribution is 2.23. The Bertz CT molecular complexity index is 1060. The zero-order valence-corrected chi connectivity index (χ0v) is 15.0. The summed E-state index contributed by atoms with van der Waals surface area (Å²) in [4.78, 5) is 27.9. The number of benzene rings is 2. The summed E-state index contributed by atoms with van der Waals surface area (Å²) >= 11 is 1.35. The van der Waals surface area contributed by atoms with Crippen molar-refractivity contribution in [2.45, 2.75) is 27.3 Å². The lowest BCUT2D eigenvalue weighted by Crippen LogP contribution is -2.16. The number of nitro groups is 1. The van der Waals surface area contributed by atoms with Gasteiger partial charge in [0.1, 0.15) is 0 Å². The summed E-state index contributed by atoms with van der Waals surface area (Å²) in [6, 6.07) is 10.2. The van der Waals surface area contributed by atoms with Crippen LogP contribution in [-0.2, 0) is 6.54 Å². The number of amides is 1. The first kappa shape index (κ1) is 17.0. The molecule has 0 spiro atoms. The van der Waals surface area contributed by atoms with Crippen molar-refractivity contribution in [1.82, 2.24) is 4.57 Å². The first-order valence-electron chi connectivity index (χ1n) is 7.84. The van der Waals surface area contributed by atoms with Crippen molar-refractivity contribution in [3.05, 3.63) is 68.0 Å². The van der Waals surface area contributed by atoms with Crippen molar-refractivity contribution in [3.63, 3.8) is 0 Å². The number of nitrogens with zero attached hydrogens (tertiary/aromatic N) is 3. The number of carbonyl (C=O) groups is 1. The van der Waals surface area contributed by atoms with Gasteiger partial charge in [-0.3, -0.25) is 14.9 Å². The van der Waals surface area contributed by atoms with Crippen molar-refractivity contribution in [2.75, 3.05) is 0 Å². The Hall–Kier alpha value is -2.80. The number of carbonyl (C=O) groups excluding carboxylic acids is 1. The summed E-state index contributed by atoms with van der Waals surface area (Å²) in [5.41, 5.74) is 3.44. The second-order valence-corrected chi connectivity index (χ2v) is 6.76. The van der Waals surface area contributed by atoms with Crippen LogP contribution in [0.25, 0.3) is 10.2 Å². The third-order valence-electron chi connectivity index (χ3n) is 4.14. The Labute approximate surface area is 148 Å². The largest absolute Gasteiger partial charge is 0.316 e. The second kappa shape index (κ2) is 6.60. The molecule has 0 unspecified atom stereocenters. The van der Waals surface area contributed by atoms with E-state index in [1.807, 2.05) is 37.5 Å². The SMILES string of the molecule is CCn1c(=NC(=O)c2ccc(C)c(C)c2)sc2ccc([N+](=O)[O-])cc21. The lowest BCUT2D eigenvalue weighted by molar-refractivity contribution is -0.384. The topological polar surface area (TPSA) is 77.5 Å². The zero-order valence-electron chi connectivity index (χ0n) is 14.1. The Morgan fingerprint density at radius 2 is 1.96 bits per heavy atom. The Morgan fingerprint density at radius 1 is 1.20 bits per heavy atom. The number of hydrogen-bond donors (Lipinski definition) is 0. The molecule has 0 saturated heterocycles. The lowest BCUT2D eigenvalue weighted by atomic mass is 10.1. The van der Waals surface area contributed by atoms with Gasteiger partial charge in [-0.1, -0.05) is 17.4 Å². The highest BCUT2D eigenvalue weighted by atomic mass is 32.1. The third-order valence-corrected chi connectivity index (χ3v) is 5.20. The van der Waals surface area contributed by atoms with E-state index in [0.717, 1.165) is 15.8 Å².